The van der Waals surface area contributed by atoms with E-state index in [1.807, 2.05) is 18.2 Å². The molecule has 1 aliphatic carbocycles. The molecule has 0 aromatic heterocycles. The lowest BCUT2D eigenvalue weighted by atomic mass is 9.93. The van der Waals surface area contributed by atoms with Gasteiger partial charge in [0.25, 0.3) is 0 Å². The molecule has 74 valence electrons. The fourth-order valence-electron chi connectivity index (χ4n) is 1.80. The summed E-state index contributed by atoms with van der Waals surface area (Å²) in [6.07, 6.45) is 7.70. The summed E-state index contributed by atoms with van der Waals surface area (Å²) in [4.78, 5) is 0. The van der Waals surface area contributed by atoms with Gasteiger partial charge in [-0.3, -0.25) is 0 Å². The summed E-state index contributed by atoms with van der Waals surface area (Å²) in [5, 5.41) is 8.82. The lowest BCUT2D eigenvalue weighted by Crippen LogP contribution is -1.95. The molecule has 1 aromatic carbocycles. The fraction of sp³-hybridized carbons (Fsp3) is 0.214. The smallest absolute Gasteiger partial charge is 0.0991 e. The van der Waals surface area contributed by atoms with Crippen LogP contribution in [0.15, 0.2) is 42.5 Å². The number of nitriles is 1. The highest BCUT2D eigenvalue weighted by molar-refractivity contribution is 5.75. The molecule has 1 nitrogen and oxygen atoms in total. The standard InChI is InChI=1S/C14H13N/c1-11-4-2-6-13(8-11)14-7-3-5-12(9-14)10-15/h2-3,5-9,11H,4H2,1H3. The third kappa shape index (κ3) is 2.16. The van der Waals surface area contributed by atoms with Gasteiger partial charge in [0.1, 0.15) is 0 Å². The highest BCUT2D eigenvalue weighted by atomic mass is 14.2. The first-order chi connectivity index (χ1) is 7.29. The van der Waals surface area contributed by atoms with Crippen molar-refractivity contribution in [1.29, 1.82) is 5.26 Å². The summed E-state index contributed by atoms with van der Waals surface area (Å²) in [5.74, 6) is 0.593. The minimum Gasteiger partial charge on any atom is -0.192 e. The summed E-state index contributed by atoms with van der Waals surface area (Å²) in [6, 6.07) is 9.92. The third-order valence-electron chi connectivity index (χ3n) is 2.59. The van der Waals surface area contributed by atoms with Gasteiger partial charge in [0.15, 0.2) is 0 Å². The summed E-state index contributed by atoms with van der Waals surface area (Å²) >= 11 is 0. The van der Waals surface area contributed by atoms with Gasteiger partial charge in [-0.25, -0.2) is 0 Å². The van der Waals surface area contributed by atoms with Gasteiger partial charge >= 0.3 is 0 Å². The fourth-order valence-corrected chi connectivity index (χ4v) is 1.80. The van der Waals surface area contributed by atoms with Crippen LogP contribution in [0.5, 0.6) is 0 Å². The SMILES string of the molecule is CC1C=C(c2cccc(C#N)c2)C=CC1. The van der Waals surface area contributed by atoms with Gasteiger partial charge in [-0.2, -0.15) is 5.26 Å². The summed E-state index contributed by atoms with van der Waals surface area (Å²) in [6.45, 7) is 2.21. The number of allylic oxidation sites excluding steroid dienone is 4. The molecule has 0 heterocycles. The Balaban J connectivity index is 2.38. The number of rotatable bonds is 1. The van der Waals surface area contributed by atoms with Gasteiger partial charge in [-0.1, -0.05) is 37.3 Å². The molecule has 0 saturated carbocycles. The van der Waals surface area contributed by atoms with Crippen LogP contribution in [-0.4, -0.2) is 0 Å². The molecule has 0 radical (unpaired) electrons. The molecule has 0 spiro atoms. The molecule has 0 fully saturated rings. The molecule has 0 N–H and O–H groups in total. The lowest BCUT2D eigenvalue weighted by Gasteiger charge is -2.12. The Bertz CT molecular complexity index is 460. The van der Waals surface area contributed by atoms with E-state index < -0.39 is 0 Å². The third-order valence-corrected chi connectivity index (χ3v) is 2.59. The highest BCUT2D eigenvalue weighted by Gasteiger charge is 2.06. The Hall–Kier alpha value is -1.81. The predicted molar refractivity (Wildman–Crippen MR) is 62.1 cm³/mol. The zero-order chi connectivity index (χ0) is 10.7. The van der Waals surface area contributed by atoms with Crippen LogP contribution in [0.4, 0.5) is 0 Å². The van der Waals surface area contributed by atoms with Crippen molar-refractivity contribution < 1.29 is 0 Å². The van der Waals surface area contributed by atoms with Crippen LogP contribution < -0.4 is 0 Å². The van der Waals surface area contributed by atoms with Gasteiger partial charge < -0.3 is 0 Å². The van der Waals surface area contributed by atoms with Crippen molar-refractivity contribution >= 4 is 5.57 Å². The molecule has 1 unspecified atom stereocenters. The van der Waals surface area contributed by atoms with Crippen molar-refractivity contribution in [2.45, 2.75) is 13.3 Å². The Labute approximate surface area is 90.4 Å². The monoisotopic (exact) mass is 195 g/mol. The Kier molecular flexibility index (Phi) is 2.69. The number of hydrogen-bond donors (Lipinski definition) is 0. The maximum Gasteiger partial charge on any atom is 0.0991 e. The summed E-state index contributed by atoms with van der Waals surface area (Å²) < 4.78 is 0. The van der Waals surface area contributed by atoms with E-state index in [2.05, 4.69) is 37.3 Å². The van der Waals surface area contributed by atoms with Crippen LogP contribution >= 0.6 is 0 Å². The second-order valence-electron chi connectivity index (χ2n) is 3.93. The van der Waals surface area contributed by atoms with Crippen LogP contribution in [0.3, 0.4) is 0 Å². The highest BCUT2D eigenvalue weighted by Crippen LogP contribution is 2.24. The Morgan fingerprint density at radius 3 is 3.00 bits per heavy atom. The average molecular weight is 195 g/mol. The minimum atomic E-state index is 0.593. The quantitative estimate of drug-likeness (QED) is 0.672. The van der Waals surface area contributed by atoms with Gasteiger partial charge in [0.2, 0.25) is 0 Å². The van der Waals surface area contributed by atoms with Crippen molar-refractivity contribution in [3.8, 4) is 6.07 Å². The molecule has 15 heavy (non-hydrogen) atoms. The van der Waals surface area contributed by atoms with Crippen LogP contribution in [0, 0.1) is 17.2 Å². The van der Waals surface area contributed by atoms with Crippen LogP contribution in [0.1, 0.15) is 24.5 Å². The molecule has 1 aliphatic rings. The average Bonchev–Trinajstić information content (AvgIpc) is 2.29. The summed E-state index contributed by atoms with van der Waals surface area (Å²) in [7, 11) is 0. The maximum atomic E-state index is 8.82. The number of hydrogen-bond acceptors (Lipinski definition) is 1. The van der Waals surface area contributed by atoms with Gasteiger partial charge in [-0.05, 0) is 35.6 Å². The normalized spacial score (nSPS) is 19.5. The van der Waals surface area contributed by atoms with Crippen molar-refractivity contribution in [2.75, 3.05) is 0 Å². The zero-order valence-corrected chi connectivity index (χ0v) is 8.77. The maximum absolute atomic E-state index is 8.82. The van der Waals surface area contributed by atoms with E-state index in [-0.39, 0.29) is 0 Å². The second-order valence-corrected chi connectivity index (χ2v) is 3.93. The van der Waals surface area contributed by atoms with Gasteiger partial charge in [0, 0.05) is 0 Å². The summed E-state index contributed by atoms with van der Waals surface area (Å²) in [5.41, 5.74) is 3.09. The van der Waals surface area contributed by atoms with E-state index in [9.17, 15) is 0 Å². The van der Waals surface area contributed by atoms with E-state index in [4.69, 9.17) is 5.26 Å². The molecule has 1 heteroatoms. The second kappa shape index (κ2) is 4.14. The molecule has 0 saturated heterocycles. The molecular weight excluding hydrogens is 182 g/mol. The number of nitrogens with zero attached hydrogens (tertiary/aromatic N) is 1. The Morgan fingerprint density at radius 2 is 2.27 bits per heavy atom. The first kappa shape index (κ1) is 9.73. The van der Waals surface area contributed by atoms with E-state index in [1.54, 1.807) is 0 Å². The lowest BCUT2D eigenvalue weighted by molar-refractivity contribution is 0.740. The van der Waals surface area contributed by atoms with E-state index >= 15 is 0 Å². The predicted octanol–water partition coefficient (Wildman–Crippen LogP) is 3.54. The first-order valence-corrected chi connectivity index (χ1v) is 5.18. The zero-order valence-electron chi connectivity index (χ0n) is 8.77. The van der Waals surface area contributed by atoms with Crippen molar-refractivity contribution in [3.63, 3.8) is 0 Å². The van der Waals surface area contributed by atoms with Gasteiger partial charge in [0.05, 0.1) is 11.6 Å². The Morgan fingerprint density at radius 1 is 1.40 bits per heavy atom. The molecule has 2 rings (SSSR count). The van der Waals surface area contributed by atoms with Crippen LogP contribution in [-0.2, 0) is 0 Å². The molecular formula is C14H13N. The minimum absolute atomic E-state index is 0.593. The van der Waals surface area contributed by atoms with Crippen molar-refractivity contribution in [2.24, 2.45) is 5.92 Å². The van der Waals surface area contributed by atoms with E-state index in [0.29, 0.717) is 5.92 Å². The van der Waals surface area contributed by atoms with E-state index in [1.165, 1.54) is 5.57 Å². The molecule has 1 aromatic rings. The van der Waals surface area contributed by atoms with E-state index in [0.717, 1.165) is 17.5 Å². The molecule has 0 aliphatic heterocycles. The van der Waals surface area contributed by atoms with Crippen LogP contribution in [0.25, 0.3) is 5.57 Å². The largest absolute Gasteiger partial charge is 0.192 e. The molecule has 0 bridgehead atoms. The topological polar surface area (TPSA) is 23.8 Å². The molecule has 1 atom stereocenters. The number of benzene rings is 1. The van der Waals surface area contributed by atoms with Crippen molar-refractivity contribution in [3.05, 3.63) is 53.6 Å². The molecule has 0 amide bonds. The van der Waals surface area contributed by atoms with Gasteiger partial charge in [-0.15, -0.1) is 0 Å². The van der Waals surface area contributed by atoms with Crippen molar-refractivity contribution in [1.82, 2.24) is 0 Å². The van der Waals surface area contributed by atoms with Crippen LogP contribution in [0.2, 0.25) is 0 Å². The first-order valence-electron chi connectivity index (χ1n) is 5.18.